The third kappa shape index (κ3) is 4.67. The molecular weight excluding hydrogens is 362 g/mol. The van der Waals surface area contributed by atoms with Crippen molar-refractivity contribution in [2.24, 2.45) is 0 Å². The number of benzene rings is 2. The maximum Gasteiger partial charge on any atom is 0.255 e. The fourth-order valence-electron chi connectivity index (χ4n) is 3.15. The van der Waals surface area contributed by atoms with E-state index in [1.54, 1.807) is 17.3 Å². The van der Waals surface area contributed by atoms with Gasteiger partial charge in [-0.1, -0.05) is 17.7 Å². The summed E-state index contributed by atoms with van der Waals surface area (Å²) < 4.78 is 25.5. The van der Waals surface area contributed by atoms with Crippen LogP contribution in [-0.2, 0) is 10.0 Å². The van der Waals surface area contributed by atoms with Crippen molar-refractivity contribution >= 4 is 27.3 Å². The molecule has 144 valence electrons. The lowest BCUT2D eigenvalue weighted by Gasteiger charge is -2.35. The van der Waals surface area contributed by atoms with Gasteiger partial charge in [-0.15, -0.1) is 0 Å². The van der Waals surface area contributed by atoms with Crippen molar-refractivity contribution in [2.45, 2.75) is 13.8 Å². The number of hydrogen-bond donors (Lipinski definition) is 1. The van der Waals surface area contributed by atoms with Gasteiger partial charge in [-0.05, 0) is 50.2 Å². The van der Waals surface area contributed by atoms with Crippen molar-refractivity contribution in [3.63, 3.8) is 0 Å². The van der Waals surface area contributed by atoms with E-state index in [0.29, 0.717) is 31.7 Å². The first-order valence-corrected chi connectivity index (χ1v) is 10.7. The second-order valence-corrected chi connectivity index (χ2v) is 8.91. The number of hydrogen-bond acceptors (Lipinski definition) is 4. The van der Waals surface area contributed by atoms with E-state index in [1.165, 1.54) is 0 Å². The maximum atomic E-state index is 12.3. The molecule has 0 radical (unpaired) electrons. The SMILES string of the molecule is CCS(=O)(=O)N1CCN(c2ccc(NC(=O)c3cccc(C)c3)cc2)CC1. The van der Waals surface area contributed by atoms with Gasteiger partial charge in [-0.25, -0.2) is 8.42 Å². The highest BCUT2D eigenvalue weighted by Crippen LogP contribution is 2.21. The number of anilines is 2. The molecule has 0 unspecified atom stereocenters. The van der Waals surface area contributed by atoms with Gasteiger partial charge in [-0.2, -0.15) is 4.31 Å². The molecule has 27 heavy (non-hydrogen) atoms. The maximum absolute atomic E-state index is 12.3. The normalized spacial score (nSPS) is 15.6. The Bertz CT molecular complexity index is 902. The number of carbonyl (C=O) groups excluding carboxylic acids is 1. The third-order valence-electron chi connectivity index (χ3n) is 4.77. The highest BCUT2D eigenvalue weighted by Gasteiger charge is 2.25. The quantitative estimate of drug-likeness (QED) is 0.856. The fourth-order valence-corrected chi connectivity index (χ4v) is 4.24. The molecule has 0 atom stereocenters. The van der Waals surface area contributed by atoms with Crippen LogP contribution in [0.1, 0.15) is 22.8 Å². The van der Waals surface area contributed by atoms with E-state index in [1.807, 2.05) is 49.4 Å². The van der Waals surface area contributed by atoms with Gasteiger partial charge in [0, 0.05) is 43.1 Å². The lowest BCUT2D eigenvalue weighted by Crippen LogP contribution is -2.49. The lowest BCUT2D eigenvalue weighted by atomic mass is 10.1. The molecule has 1 fully saturated rings. The molecule has 2 aromatic carbocycles. The predicted molar refractivity (Wildman–Crippen MR) is 109 cm³/mol. The smallest absolute Gasteiger partial charge is 0.255 e. The monoisotopic (exact) mass is 387 g/mol. The van der Waals surface area contributed by atoms with Crippen molar-refractivity contribution in [2.75, 3.05) is 42.1 Å². The number of nitrogens with one attached hydrogen (secondary N) is 1. The van der Waals surface area contributed by atoms with E-state index in [0.717, 1.165) is 16.9 Å². The number of amides is 1. The standard InChI is InChI=1S/C20H25N3O3S/c1-3-27(25,26)23-13-11-22(12-14-23)19-9-7-18(8-10-19)21-20(24)17-6-4-5-16(2)15-17/h4-10,15H,3,11-14H2,1-2H3,(H,21,24). The number of rotatable bonds is 5. The summed E-state index contributed by atoms with van der Waals surface area (Å²) in [5.74, 6) is 0.00679. The number of sulfonamides is 1. The molecule has 1 aliphatic rings. The van der Waals surface area contributed by atoms with E-state index in [-0.39, 0.29) is 11.7 Å². The second-order valence-electron chi connectivity index (χ2n) is 6.66. The van der Waals surface area contributed by atoms with Crippen LogP contribution in [0.3, 0.4) is 0 Å². The summed E-state index contributed by atoms with van der Waals surface area (Å²) in [6.07, 6.45) is 0. The van der Waals surface area contributed by atoms with Gasteiger partial charge in [0.25, 0.3) is 5.91 Å². The number of aryl methyl sites for hydroxylation is 1. The summed E-state index contributed by atoms with van der Waals surface area (Å²) in [4.78, 5) is 14.5. The van der Waals surface area contributed by atoms with Gasteiger partial charge in [-0.3, -0.25) is 4.79 Å². The van der Waals surface area contributed by atoms with E-state index in [4.69, 9.17) is 0 Å². The van der Waals surface area contributed by atoms with Gasteiger partial charge in [0.1, 0.15) is 0 Å². The first-order valence-electron chi connectivity index (χ1n) is 9.10. The van der Waals surface area contributed by atoms with Crippen LogP contribution in [-0.4, -0.2) is 50.6 Å². The van der Waals surface area contributed by atoms with Crippen molar-refractivity contribution in [1.82, 2.24) is 4.31 Å². The van der Waals surface area contributed by atoms with Crippen molar-refractivity contribution in [3.8, 4) is 0 Å². The summed E-state index contributed by atoms with van der Waals surface area (Å²) >= 11 is 0. The molecule has 0 saturated carbocycles. The Balaban J connectivity index is 1.60. The Hall–Kier alpha value is -2.38. The van der Waals surface area contributed by atoms with Gasteiger partial charge >= 0.3 is 0 Å². The highest BCUT2D eigenvalue weighted by atomic mass is 32.2. The molecule has 1 saturated heterocycles. The summed E-state index contributed by atoms with van der Waals surface area (Å²) in [5, 5.41) is 2.91. The van der Waals surface area contributed by atoms with Crippen LogP contribution in [0, 0.1) is 6.92 Å². The molecule has 1 heterocycles. The molecule has 0 bridgehead atoms. The lowest BCUT2D eigenvalue weighted by molar-refractivity contribution is 0.102. The number of carbonyl (C=O) groups is 1. The second kappa shape index (κ2) is 8.10. The zero-order chi connectivity index (χ0) is 19.4. The minimum atomic E-state index is -3.12. The van der Waals surface area contributed by atoms with Crippen LogP contribution in [0.5, 0.6) is 0 Å². The zero-order valence-electron chi connectivity index (χ0n) is 15.7. The van der Waals surface area contributed by atoms with Gasteiger partial charge in [0.2, 0.25) is 10.0 Å². The Morgan fingerprint density at radius 2 is 1.70 bits per heavy atom. The molecule has 0 aromatic heterocycles. The van der Waals surface area contributed by atoms with Crippen LogP contribution in [0.15, 0.2) is 48.5 Å². The van der Waals surface area contributed by atoms with Crippen molar-refractivity contribution in [3.05, 3.63) is 59.7 Å². The molecule has 0 spiro atoms. The number of piperazine rings is 1. The molecule has 1 amide bonds. The molecule has 1 aliphatic heterocycles. The third-order valence-corrected chi connectivity index (χ3v) is 6.65. The van der Waals surface area contributed by atoms with E-state index >= 15 is 0 Å². The van der Waals surface area contributed by atoms with Crippen LogP contribution >= 0.6 is 0 Å². The Labute approximate surface area is 160 Å². The molecule has 0 aliphatic carbocycles. The molecule has 1 N–H and O–H groups in total. The summed E-state index contributed by atoms with van der Waals surface area (Å²) in [5.41, 5.74) is 3.43. The van der Waals surface area contributed by atoms with E-state index in [2.05, 4.69) is 10.2 Å². The molecular formula is C20H25N3O3S. The topological polar surface area (TPSA) is 69.7 Å². The molecule has 6 nitrogen and oxygen atoms in total. The summed E-state index contributed by atoms with van der Waals surface area (Å²) in [6.45, 7) is 5.95. The Morgan fingerprint density at radius 3 is 2.30 bits per heavy atom. The van der Waals surface area contributed by atoms with E-state index < -0.39 is 10.0 Å². The summed E-state index contributed by atoms with van der Waals surface area (Å²) in [6, 6.07) is 15.1. The van der Waals surface area contributed by atoms with Gasteiger partial charge < -0.3 is 10.2 Å². The molecule has 7 heteroatoms. The van der Waals surface area contributed by atoms with Crippen LogP contribution in [0.25, 0.3) is 0 Å². The minimum Gasteiger partial charge on any atom is -0.369 e. The highest BCUT2D eigenvalue weighted by molar-refractivity contribution is 7.89. The van der Waals surface area contributed by atoms with Crippen molar-refractivity contribution < 1.29 is 13.2 Å². The van der Waals surface area contributed by atoms with Crippen molar-refractivity contribution in [1.29, 1.82) is 0 Å². The Morgan fingerprint density at radius 1 is 1.04 bits per heavy atom. The number of nitrogens with zero attached hydrogens (tertiary/aromatic N) is 2. The zero-order valence-corrected chi connectivity index (χ0v) is 16.5. The average Bonchev–Trinajstić information content (AvgIpc) is 2.68. The predicted octanol–water partition coefficient (Wildman–Crippen LogP) is 2.72. The first-order chi connectivity index (χ1) is 12.9. The van der Waals surface area contributed by atoms with Crippen LogP contribution in [0.4, 0.5) is 11.4 Å². The average molecular weight is 388 g/mol. The van der Waals surface area contributed by atoms with Crippen LogP contribution < -0.4 is 10.2 Å². The molecule has 3 rings (SSSR count). The van der Waals surface area contributed by atoms with E-state index in [9.17, 15) is 13.2 Å². The Kier molecular flexibility index (Phi) is 5.82. The van der Waals surface area contributed by atoms with Gasteiger partial charge in [0.15, 0.2) is 0 Å². The van der Waals surface area contributed by atoms with Crippen LogP contribution in [0.2, 0.25) is 0 Å². The molecule has 2 aromatic rings. The first kappa shape index (κ1) is 19.4. The van der Waals surface area contributed by atoms with Gasteiger partial charge in [0.05, 0.1) is 5.75 Å². The largest absolute Gasteiger partial charge is 0.369 e. The summed E-state index contributed by atoms with van der Waals surface area (Å²) in [7, 11) is -3.12. The minimum absolute atomic E-state index is 0.134. The fraction of sp³-hybridized carbons (Fsp3) is 0.350.